The molecule has 0 aliphatic heterocycles. The van der Waals surface area contributed by atoms with Crippen LogP contribution < -0.4 is 10.5 Å². The van der Waals surface area contributed by atoms with Crippen molar-refractivity contribution in [1.29, 1.82) is 0 Å². The molecule has 0 aliphatic rings. The van der Waals surface area contributed by atoms with Crippen molar-refractivity contribution < 1.29 is 12.8 Å². The molecule has 1 aromatic rings. The third kappa shape index (κ3) is 4.36. The Kier molecular flexibility index (Phi) is 5.71. The van der Waals surface area contributed by atoms with Crippen molar-refractivity contribution in [3.05, 3.63) is 30.1 Å². The molecule has 0 radical (unpaired) electrons. The maximum atomic E-state index is 13.0. The van der Waals surface area contributed by atoms with E-state index >= 15 is 0 Å². The molecular formula is C12H19FN2O2S. The normalized spacial score (nSPS) is 13.5. The lowest BCUT2D eigenvalue weighted by atomic mass is 10.0. The van der Waals surface area contributed by atoms with Crippen molar-refractivity contribution in [2.75, 3.05) is 13.1 Å². The Morgan fingerprint density at radius 3 is 2.72 bits per heavy atom. The Morgan fingerprint density at radius 2 is 2.17 bits per heavy atom. The monoisotopic (exact) mass is 274 g/mol. The van der Waals surface area contributed by atoms with E-state index in [-0.39, 0.29) is 10.8 Å². The highest BCUT2D eigenvalue weighted by Crippen LogP contribution is 2.12. The topological polar surface area (TPSA) is 72.2 Å². The molecule has 0 spiro atoms. The molecule has 18 heavy (non-hydrogen) atoms. The van der Waals surface area contributed by atoms with E-state index in [2.05, 4.69) is 4.72 Å². The molecule has 0 bridgehead atoms. The molecule has 3 N–H and O–H groups in total. The number of hydrogen-bond acceptors (Lipinski definition) is 3. The molecule has 1 rings (SSSR count). The van der Waals surface area contributed by atoms with Gasteiger partial charge in [0, 0.05) is 6.54 Å². The molecule has 0 saturated heterocycles. The summed E-state index contributed by atoms with van der Waals surface area (Å²) in [6.07, 6.45) is 1.62. The predicted molar refractivity (Wildman–Crippen MR) is 69.0 cm³/mol. The number of sulfonamides is 1. The summed E-state index contributed by atoms with van der Waals surface area (Å²) < 4.78 is 39.3. The van der Waals surface area contributed by atoms with Gasteiger partial charge in [0.1, 0.15) is 5.82 Å². The van der Waals surface area contributed by atoms with Gasteiger partial charge in [-0.3, -0.25) is 0 Å². The van der Waals surface area contributed by atoms with Crippen LogP contribution in [0.2, 0.25) is 0 Å². The number of halogens is 1. The molecule has 0 heterocycles. The Morgan fingerprint density at radius 1 is 1.44 bits per heavy atom. The summed E-state index contributed by atoms with van der Waals surface area (Å²) in [4.78, 5) is -0.0508. The van der Waals surface area contributed by atoms with E-state index in [0.717, 1.165) is 18.9 Å². The minimum absolute atomic E-state index is 0.0508. The zero-order chi connectivity index (χ0) is 13.6. The number of nitrogens with two attached hydrogens (primary N) is 1. The van der Waals surface area contributed by atoms with Crippen LogP contribution in [0.1, 0.15) is 19.8 Å². The Hall–Kier alpha value is -0.980. The largest absolute Gasteiger partial charge is 0.330 e. The van der Waals surface area contributed by atoms with Crippen LogP contribution in [0.5, 0.6) is 0 Å². The lowest BCUT2D eigenvalue weighted by molar-refractivity contribution is 0.465. The molecule has 4 nitrogen and oxygen atoms in total. The van der Waals surface area contributed by atoms with Crippen LogP contribution in [0, 0.1) is 11.7 Å². The van der Waals surface area contributed by atoms with E-state index in [0.29, 0.717) is 13.1 Å². The molecule has 0 saturated carbocycles. The molecule has 0 aromatic heterocycles. The molecule has 0 aliphatic carbocycles. The summed E-state index contributed by atoms with van der Waals surface area (Å²) in [5, 5.41) is 0. The molecule has 1 atom stereocenters. The van der Waals surface area contributed by atoms with E-state index < -0.39 is 15.8 Å². The fraction of sp³-hybridized carbons (Fsp3) is 0.500. The average Bonchev–Trinajstić information content (AvgIpc) is 2.34. The smallest absolute Gasteiger partial charge is 0.240 e. The van der Waals surface area contributed by atoms with Gasteiger partial charge < -0.3 is 5.73 Å². The van der Waals surface area contributed by atoms with Gasteiger partial charge in [0.2, 0.25) is 10.0 Å². The summed E-state index contributed by atoms with van der Waals surface area (Å²) in [5.74, 6) is -0.356. The zero-order valence-corrected chi connectivity index (χ0v) is 11.2. The summed E-state index contributed by atoms with van der Waals surface area (Å²) in [5.41, 5.74) is 5.45. The summed E-state index contributed by atoms with van der Waals surface area (Å²) in [6.45, 7) is 2.84. The van der Waals surface area contributed by atoms with Crippen molar-refractivity contribution >= 4 is 10.0 Å². The lowest BCUT2D eigenvalue weighted by Crippen LogP contribution is -2.30. The highest BCUT2D eigenvalue weighted by atomic mass is 32.2. The standard InChI is InChI=1S/C12H19FN2O2S/c1-2-10(6-7-14)9-15-18(16,17)12-5-3-4-11(13)8-12/h3-5,8,10,15H,2,6-7,9,14H2,1H3. The van der Waals surface area contributed by atoms with Gasteiger partial charge in [-0.1, -0.05) is 19.4 Å². The highest BCUT2D eigenvalue weighted by molar-refractivity contribution is 7.89. The van der Waals surface area contributed by atoms with Gasteiger partial charge in [-0.05, 0) is 37.1 Å². The van der Waals surface area contributed by atoms with Crippen LogP contribution in [0.4, 0.5) is 4.39 Å². The molecular weight excluding hydrogens is 255 g/mol. The van der Waals surface area contributed by atoms with Crippen molar-refractivity contribution in [2.45, 2.75) is 24.7 Å². The van der Waals surface area contributed by atoms with E-state index in [1.54, 1.807) is 0 Å². The predicted octanol–water partition coefficient (Wildman–Crippen LogP) is 1.48. The number of benzene rings is 1. The van der Waals surface area contributed by atoms with Crippen LogP contribution in [0.15, 0.2) is 29.2 Å². The van der Waals surface area contributed by atoms with Gasteiger partial charge >= 0.3 is 0 Å². The van der Waals surface area contributed by atoms with Gasteiger partial charge in [0.15, 0.2) is 0 Å². The zero-order valence-electron chi connectivity index (χ0n) is 10.4. The first-order chi connectivity index (χ1) is 8.49. The fourth-order valence-electron chi connectivity index (χ4n) is 1.63. The molecule has 0 fully saturated rings. The van der Waals surface area contributed by atoms with Crippen molar-refractivity contribution in [1.82, 2.24) is 4.72 Å². The minimum atomic E-state index is -3.64. The van der Waals surface area contributed by atoms with Crippen molar-refractivity contribution in [3.8, 4) is 0 Å². The van der Waals surface area contributed by atoms with Crippen LogP contribution >= 0.6 is 0 Å². The first kappa shape index (κ1) is 15.1. The number of hydrogen-bond donors (Lipinski definition) is 2. The van der Waals surface area contributed by atoms with Gasteiger partial charge in [-0.25, -0.2) is 17.5 Å². The molecule has 6 heteroatoms. The van der Waals surface area contributed by atoms with Crippen LogP contribution in [0.25, 0.3) is 0 Å². The maximum absolute atomic E-state index is 13.0. The third-order valence-electron chi connectivity index (χ3n) is 2.82. The molecule has 1 unspecified atom stereocenters. The summed E-state index contributed by atoms with van der Waals surface area (Å²) in [6, 6.07) is 4.96. The second kappa shape index (κ2) is 6.82. The van der Waals surface area contributed by atoms with E-state index in [4.69, 9.17) is 5.73 Å². The second-order valence-electron chi connectivity index (χ2n) is 4.16. The Balaban J connectivity index is 2.70. The van der Waals surface area contributed by atoms with Crippen LogP contribution in [0.3, 0.4) is 0 Å². The maximum Gasteiger partial charge on any atom is 0.240 e. The second-order valence-corrected chi connectivity index (χ2v) is 5.93. The van der Waals surface area contributed by atoms with Crippen molar-refractivity contribution in [2.24, 2.45) is 11.7 Å². The fourth-order valence-corrected chi connectivity index (χ4v) is 2.78. The Labute approximate surface area is 107 Å². The van der Waals surface area contributed by atoms with Crippen LogP contribution in [-0.4, -0.2) is 21.5 Å². The summed E-state index contributed by atoms with van der Waals surface area (Å²) >= 11 is 0. The van der Waals surface area contributed by atoms with Gasteiger partial charge in [0.05, 0.1) is 4.90 Å². The number of rotatable bonds is 7. The third-order valence-corrected chi connectivity index (χ3v) is 4.24. The lowest BCUT2D eigenvalue weighted by Gasteiger charge is -2.14. The van der Waals surface area contributed by atoms with Crippen LogP contribution in [-0.2, 0) is 10.0 Å². The first-order valence-corrected chi connectivity index (χ1v) is 7.43. The summed E-state index contributed by atoms with van der Waals surface area (Å²) in [7, 11) is -3.64. The SMILES string of the molecule is CCC(CCN)CNS(=O)(=O)c1cccc(F)c1. The first-order valence-electron chi connectivity index (χ1n) is 5.95. The van der Waals surface area contributed by atoms with E-state index in [1.165, 1.54) is 18.2 Å². The van der Waals surface area contributed by atoms with E-state index in [9.17, 15) is 12.8 Å². The highest BCUT2D eigenvalue weighted by Gasteiger charge is 2.16. The van der Waals surface area contributed by atoms with Crippen molar-refractivity contribution in [3.63, 3.8) is 0 Å². The van der Waals surface area contributed by atoms with Gasteiger partial charge in [-0.15, -0.1) is 0 Å². The van der Waals surface area contributed by atoms with Gasteiger partial charge in [-0.2, -0.15) is 0 Å². The molecule has 0 amide bonds. The number of nitrogens with one attached hydrogen (secondary N) is 1. The Bertz CT molecular complexity index is 477. The minimum Gasteiger partial charge on any atom is -0.330 e. The quantitative estimate of drug-likeness (QED) is 0.791. The van der Waals surface area contributed by atoms with E-state index in [1.807, 2.05) is 6.92 Å². The average molecular weight is 274 g/mol. The molecule has 1 aromatic carbocycles. The molecule has 102 valence electrons. The van der Waals surface area contributed by atoms with Gasteiger partial charge in [0.25, 0.3) is 0 Å².